The van der Waals surface area contributed by atoms with Gasteiger partial charge < -0.3 is 15.5 Å². The number of nitrogens with one attached hydrogen (secondary N) is 2. The van der Waals surface area contributed by atoms with E-state index in [1.165, 1.54) is 0 Å². The van der Waals surface area contributed by atoms with Gasteiger partial charge in [-0.1, -0.05) is 17.7 Å². The standard InChI is InChI=1S/C17H21N3O2S/c1-12-4-6-14(7-5-12)19-17(22)16(21)18-10-15(20(2)3)13-8-9-23-11-13/h4-9,11,15H,10H2,1-3H3,(H,18,21)(H,19,22). The topological polar surface area (TPSA) is 61.4 Å². The molecular formula is C17H21N3O2S. The molecule has 2 N–H and O–H groups in total. The molecule has 0 aliphatic rings. The van der Waals surface area contributed by atoms with Crippen molar-refractivity contribution in [2.45, 2.75) is 13.0 Å². The minimum absolute atomic E-state index is 0.0392. The third-order valence-electron chi connectivity index (χ3n) is 3.52. The molecule has 0 aliphatic heterocycles. The van der Waals surface area contributed by atoms with Gasteiger partial charge in [0.15, 0.2) is 0 Å². The molecule has 2 rings (SSSR count). The Kier molecular flexibility index (Phi) is 5.90. The molecule has 1 aromatic heterocycles. The van der Waals surface area contributed by atoms with Crippen molar-refractivity contribution < 1.29 is 9.59 Å². The maximum absolute atomic E-state index is 12.0. The van der Waals surface area contributed by atoms with Crippen LogP contribution in [0.1, 0.15) is 17.2 Å². The zero-order chi connectivity index (χ0) is 16.8. The summed E-state index contributed by atoms with van der Waals surface area (Å²) in [7, 11) is 3.89. The van der Waals surface area contributed by atoms with Gasteiger partial charge in [-0.25, -0.2) is 0 Å². The number of carbonyl (C=O) groups is 2. The number of hydrogen-bond donors (Lipinski definition) is 2. The highest BCUT2D eigenvalue weighted by atomic mass is 32.1. The van der Waals surface area contributed by atoms with Crippen LogP contribution in [0.3, 0.4) is 0 Å². The van der Waals surface area contributed by atoms with Gasteiger partial charge >= 0.3 is 11.8 Å². The Morgan fingerprint density at radius 3 is 2.39 bits per heavy atom. The van der Waals surface area contributed by atoms with Gasteiger partial charge in [-0.3, -0.25) is 9.59 Å². The van der Waals surface area contributed by atoms with Crippen molar-refractivity contribution in [3.8, 4) is 0 Å². The number of amides is 2. The van der Waals surface area contributed by atoms with E-state index in [4.69, 9.17) is 0 Å². The Morgan fingerprint density at radius 1 is 1.13 bits per heavy atom. The molecule has 6 heteroatoms. The summed E-state index contributed by atoms with van der Waals surface area (Å²) in [5.41, 5.74) is 2.83. The second kappa shape index (κ2) is 7.89. The van der Waals surface area contributed by atoms with Gasteiger partial charge in [-0.2, -0.15) is 11.3 Å². The number of aryl methyl sites for hydroxylation is 1. The molecule has 1 heterocycles. The first kappa shape index (κ1) is 17.2. The fraction of sp³-hybridized carbons (Fsp3) is 0.294. The van der Waals surface area contributed by atoms with E-state index in [0.717, 1.165) is 11.1 Å². The van der Waals surface area contributed by atoms with Crippen molar-refractivity contribution in [2.75, 3.05) is 26.0 Å². The van der Waals surface area contributed by atoms with E-state index in [-0.39, 0.29) is 6.04 Å². The largest absolute Gasteiger partial charge is 0.346 e. The highest BCUT2D eigenvalue weighted by Crippen LogP contribution is 2.19. The summed E-state index contributed by atoms with van der Waals surface area (Å²) in [4.78, 5) is 25.9. The lowest BCUT2D eigenvalue weighted by atomic mass is 10.1. The summed E-state index contributed by atoms with van der Waals surface area (Å²) >= 11 is 1.61. The van der Waals surface area contributed by atoms with Crippen LogP contribution >= 0.6 is 11.3 Å². The first-order valence-corrected chi connectivity index (χ1v) is 8.26. The first-order valence-electron chi connectivity index (χ1n) is 7.31. The molecule has 5 nitrogen and oxygen atoms in total. The van der Waals surface area contributed by atoms with Gasteiger partial charge in [0, 0.05) is 12.2 Å². The smallest absolute Gasteiger partial charge is 0.313 e. The zero-order valence-electron chi connectivity index (χ0n) is 13.5. The maximum atomic E-state index is 12.0. The molecule has 0 fully saturated rings. The van der Waals surface area contributed by atoms with Gasteiger partial charge in [-0.15, -0.1) is 0 Å². The number of thiophene rings is 1. The lowest BCUT2D eigenvalue weighted by molar-refractivity contribution is -0.136. The molecule has 0 aliphatic carbocycles. The number of carbonyl (C=O) groups excluding carboxylic acids is 2. The maximum Gasteiger partial charge on any atom is 0.313 e. The van der Waals surface area contributed by atoms with E-state index >= 15 is 0 Å². The number of likely N-dealkylation sites (N-methyl/N-ethyl adjacent to an activating group) is 1. The Hall–Kier alpha value is -2.18. The van der Waals surface area contributed by atoms with Crippen LogP contribution in [0, 0.1) is 6.92 Å². The quantitative estimate of drug-likeness (QED) is 0.827. The molecule has 1 unspecified atom stereocenters. The Balaban J connectivity index is 1.90. The summed E-state index contributed by atoms with van der Waals surface area (Å²) in [6.45, 7) is 2.34. The van der Waals surface area contributed by atoms with Crippen LogP contribution < -0.4 is 10.6 Å². The van der Waals surface area contributed by atoms with E-state index in [0.29, 0.717) is 12.2 Å². The van der Waals surface area contributed by atoms with E-state index in [2.05, 4.69) is 10.6 Å². The van der Waals surface area contributed by atoms with Crippen molar-refractivity contribution in [1.82, 2.24) is 10.2 Å². The third-order valence-corrected chi connectivity index (χ3v) is 4.22. The molecule has 122 valence electrons. The molecule has 2 amide bonds. The molecular weight excluding hydrogens is 310 g/mol. The molecule has 2 aromatic rings. The number of rotatable bonds is 5. The number of nitrogens with zero attached hydrogens (tertiary/aromatic N) is 1. The van der Waals surface area contributed by atoms with Crippen LogP contribution in [0.15, 0.2) is 41.1 Å². The Morgan fingerprint density at radius 2 is 1.83 bits per heavy atom. The van der Waals surface area contributed by atoms with Crippen molar-refractivity contribution in [1.29, 1.82) is 0 Å². The second-order valence-electron chi connectivity index (χ2n) is 5.57. The van der Waals surface area contributed by atoms with Gasteiger partial charge in [0.1, 0.15) is 0 Å². The summed E-state index contributed by atoms with van der Waals surface area (Å²) in [6, 6.07) is 9.37. The van der Waals surface area contributed by atoms with Crippen molar-refractivity contribution in [3.63, 3.8) is 0 Å². The van der Waals surface area contributed by atoms with Crippen LogP contribution in [-0.4, -0.2) is 37.4 Å². The van der Waals surface area contributed by atoms with Crippen molar-refractivity contribution >= 4 is 28.8 Å². The van der Waals surface area contributed by atoms with Gasteiger partial charge in [0.2, 0.25) is 0 Å². The van der Waals surface area contributed by atoms with Crippen molar-refractivity contribution in [3.05, 3.63) is 52.2 Å². The molecule has 1 aromatic carbocycles. The van der Waals surface area contributed by atoms with Gasteiger partial charge in [0.05, 0.1) is 6.04 Å². The Bertz CT molecular complexity index is 651. The normalized spacial score (nSPS) is 12.0. The molecule has 0 bridgehead atoms. The lowest BCUT2D eigenvalue weighted by Crippen LogP contribution is -2.40. The van der Waals surface area contributed by atoms with Gasteiger partial charge in [-0.05, 0) is 55.5 Å². The fourth-order valence-corrected chi connectivity index (χ4v) is 2.86. The Labute approximate surface area is 140 Å². The average Bonchev–Trinajstić information content (AvgIpc) is 3.03. The zero-order valence-corrected chi connectivity index (χ0v) is 14.3. The van der Waals surface area contributed by atoms with E-state index in [9.17, 15) is 9.59 Å². The highest BCUT2D eigenvalue weighted by Gasteiger charge is 2.19. The first-order chi connectivity index (χ1) is 11.0. The number of hydrogen-bond acceptors (Lipinski definition) is 4. The SMILES string of the molecule is Cc1ccc(NC(=O)C(=O)NCC(c2ccsc2)N(C)C)cc1. The van der Waals surface area contributed by atoms with Crippen LogP contribution in [0.25, 0.3) is 0 Å². The predicted octanol–water partition coefficient (Wildman–Crippen LogP) is 2.41. The second-order valence-corrected chi connectivity index (χ2v) is 6.35. The summed E-state index contributed by atoms with van der Waals surface area (Å²) in [5, 5.41) is 9.33. The van der Waals surface area contributed by atoms with E-state index in [1.807, 2.05) is 54.9 Å². The van der Waals surface area contributed by atoms with Crippen LogP contribution in [0.2, 0.25) is 0 Å². The molecule has 23 heavy (non-hydrogen) atoms. The average molecular weight is 331 g/mol. The predicted molar refractivity (Wildman–Crippen MR) is 93.6 cm³/mol. The van der Waals surface area contributed by atoms with Crippen molar-refractivity contribution in [2.24, 2.45) is 0 Å². The minimum Gasteiger partial charge on any atom is -0.346 e. The number of benzene rings is 1. The summed E-state index contributed by atoms with van der Waals surface area (Å²) in [5.74, 6) is -1.29. The summed E-state index contributed by atoms with van der Waals surface area (Å²) in [6.07, 6.45) is 0. The van der Waals surface area contributed by atoms with Crippen LogP contribution in [0.5, 0.6) is 0 Å². The van der Waals surface area contributed by atoms with Crippen LogP contribution in [-0.2, 0) is 9.59 Å². The molecule has 0 spiro atoms. The fourth-order valence-electron chi connectivity index (χ4n) is 2.16. The lowest BCUT2D eigenvalue weighted by Gasteiger charge is -2.23. The van der Waals surface area contributed by atoms with Crippen LogP contribution in [0.4, 0.5) is 5.69 Å². The molecule has 1 atom stereocenters. The molecule has 0 saturated heterocycles. The number of anilines is 1. The molecule has 0 radical (unpaired) electrons. The monoisotopic (exact) mass is 331 g/mol. The van der Waals surface area contributed by atoms with Gasteiger partial charge in [0.25, 0.3) is 0 Å². The van der Waals surface area contributed by atoms with E-state index in [1.54, 1.807) is 23.5 Å². The minimum atomic E-state index is -0.656. The van der Waals surface area contributed by atoms with E-state index < -0.39 is 11.8 Å². The third kappa shape index (κ3) is 4.91. The summed E-state index contributed by atoms with van der Waals surface area (Å²) < 4.78 is 0. The highest BCUT2D eigenvalue weighted by molar-refractivity contribution is 7.07. The molecule has 0 saturated carbocycles.